The molecule has 1 atom stereocenters. The maximum absolute atomic E-state index is 12.3. The van der Waals surface area contributed by atoms with Gasteiger partial charge < -0.3 is 0 Å². The van der Waals surface area contributed by atoms with Crippen molar-refractivity contribution in [3.63, 3.8) is 0 Å². The monoisotopic (exact) mass is 303 g/mol. The molecule has 0 aliphatic carbocycles. The number of nitrogens with zero attached hydrogens (tertiary/aromatic N) is 1. The summed E-state index contributed by atoms with van der Waals surface area (Å²) >= 11 is 3.47. The van der Waals surface area contributed by atoms with Crippen LogP contribution in [0.3, 0.4) is 0 Å². The number of carbonyl (C=O) groups is 1. The molecule has 2 nitrogen and oxygen atoms in total. The van der Waals surface area contributed by atoms with E-state index in [0.29, 0.717) is 0 Å². The van der Waals surface area contributed by atoms with Gasteiger partial charge in [0.25, 0.3) is 0 Å². The van der Waals surface area contributed by atoms with Crippen molar-refractivity contribution >= 4 is 21.7 Å². The van der Waals surface area contributed by atoms with Crippen LogP contribution in [0.15, 0.2) is 42.6 Å². The molecule has 18 heavy (non-hydrogen) atoms. The molecule has 2 rings (SSSR count). The standard InChI is InChI=1S/C15H14BrNO/c1-10-4-3-5-13(8-10)15(18)14(16)12-6-7-17-11(2)9-12/h3-9,14H,1-2H3. The number of halogens is 1. The molecular formula is C15H14BrNO. The molecule has 0 radical (unpaired) electrons. The van der Waals surface area contributed by atoms with Crippen LogP contribution in [-0.4, -0.2) is 10.8 Å². The van der Waals surface area contributed by atoms with Crippen LogP contribution in [0.4, 0.5) is 0 Å². The fourth-order valence-corrected chi connectivity index (χ4v) is 2.37. The van der Waals surface area contributed by atoms with Gasteiger partial charge in [-0.3, -0.25) is 9.78 Å². The molecular weight excluding hydrogens is 290 g/mol. The average Bonchev–Trinajstić information content (AvgIpc) is 2.37. The second-order valence-corrected chi connectivity index (χ2v) is 5.24. The van der Waals surface area contributed by atoms with Gasteiger partial charge in [0, 0.05) is 17.5 Å². The van der Waals surface area contributed by atoms with Gasteiger partial charge in [0.05, 0.1) is 0 Å². The Morgan fingerprint density at radius 2 is 2.00 bits per heavy atom. The molecule has 0 spiro atoms. The first kappa shape index (κ1) is 13.0. The second kappa shape index (κ2) is 5.44. The summed E-state index contributed by atoms with van der Waals surface area (Å²) in [4.78, 5) is 16.2. The third kappa shape index (κ3) is 2.85. The number of pyridine rings is 1. The molecule has 0 fully saturated rings. The van der Waals surface area contributed by atoms with E-state index in [-0.39, 0.29) is 10.6 Å². The number of aromatic nitrogens is 1. The molecule has 92 valence electrons. The van der Waals surface area contributed by atoms with Crippen LogP contribution in [0.5, 0.6) is 0 Å². The van der Waals surface area contributed by atoms with E-state index < -0.39 is 0 Å². The lowest BCUT2D eigenvalue weighted by Crippen LogP contribution is -2.07. The van der Waals surface area contributed by atoms with E-state index in [9.17, 15) is 4.79 Å². The molecule has 0 aliphatic heterocycles. The van der Waals surface area contributed by atoms with E-state index in [4.69, 9.17) is 0 Å². The molecule has 0 saturated carbocycles. The van der Waals surface area contributed by atoms with Gasteiger partial charge in [-0.15, -0.1) is 0 Å². The predicted octanol–water partition coefficient (Wildman–Crippen LogP) is 4.02. The first-order chi connectivity index (χ1) is 8.58. The Bertz CT molecular complexity index is 580. The molecule has 0 aliphatic rings. The lowest BCUT2D eigenvalue weighted by atomic mass is 10.0. The summed E-state index contributed by atoms with van der Waals surface area (Å²) in [6.45, 7) is 3.90. The summed E-state index contributed by atoms with van der Waals surface area (Å²) in [5, 5.41) is 0. The van der Waals surface area contributed by atoms with Crippen molar-refractivity contribution in [2.24, 2.45) is 0 Å². The Labute approximate surface area is 115 Å². The second-order valence-electron chi connectivity index (χ2n) is 4.33. The minimum Gasteiger partial charge on any atom is -0.293 e. The predicted molar refractivity (Wildman–Crippen MR) is 76.2 cm³/mol. The summed E-state index contributed by atoms with van der Waals surface area (Å²) in [5.41, 5.74) is 3.67. The van der Waals surface area contributed by atoms with Gasteiger partial charge in [0.2, 0.25) is 0 Å². The number of hydrogen-bond donors (Lipinski definition) is 0. The van der Waals surface area contributed by atoms with Crippen molar-refractivity contribution in [3.8, 4) is 0 Å². The summed E-state index contributed by atoms with van der Waals surface area (Å²) < 4.78 is 0. The maximum atomic E-state index is 12.3. The Balaban J connectivity index is 2.29. The molecule has 1 unspecified atom stereocenters. The smallest absolute Gasteiger partial charge is 0.180 e. The van der Waals surface area contributed by atoms with Crippen LogP contribution in [0.2, 0.25) is 0 Å². The van der Waals surface area contributed by atoms with Crippen LogP contribution in [0.1, 0.15) is 32.0 Å². The highest BCUT2D eigenvalue weighted by Crippen LogP contribution is 2.27. The van der Waals surface area contributed by atoms with Gasteiger partial charge in [0.15, 0.2) is 5.78 Å². The van der Waals surface area contributed by atoms with Crippen LogP contribution < -0.4 is 0 Å². The number of aryl methyl sites for hydroxylation is 2. The summed E-state index contributed by atoms with van der Waals surface area (Å²) in [6, 6.07) is 11.4. The van der Waals surface area contributed by atoms with Crippen LogP contribution in [-0.2, 0) is 0 Å². The van der Waals surface area contributed by atoms with Gasteiger partial charge in [-0.2, -0.15) is 0 Å². The number of alkyl halides is 1. The van der Waals surface area contributed by atoms with Crippen molar-refractivity contribution in [2.45, 2.75) is 18.7 Å². The van der Waals surface area contributed by atoms with Crippen molar-refractivity contribution in [1.29, 1.82) is 0 Å². The minimum atomic E-state index is -0.319. The van der Waals surface area contributed by atoms with Crippen LogP contribution >= 0.6 is 15.9 Å². The number of hydrogen-bond acceptors (Lipinski definition) is 2. The average molecular weight is 304 g/mol. The Morgan fingerprint density at radius 3 is 2.67 bits per heavy atom. The SMILES string of the molecule is Cc1cccc(C(=O)C(Br)c2ccnc(C)c2)c1. The molecule has 3 heteroatoms. The van der Waals surface area contributed by atoms with Crippen LogP contribution in [0, 0.1) is 13.8 Å². The summed E-state index contributed by atoms with van der Waals surface area (Å²) in [6.07, 6.45) is 1.72. The summed E-state index contributed by atoms with van der Waals surface area (Å²) in [7, 11) is 0. The zero-order chi connectivity index (χ0) is 13.1. The molecule has 0 amide bonds. The highest BCUT2D eigenvalue weighted by atomic mass is 79.9. The molecule has 0 bridgehead atoms. The molecule has 1 heterocycles. The molecule has 0 saturated heterocycles. The first-order valence-corrected chi connectivity index (χ1v) is 6.67. The van der Waals surface area contributed by atoms with Crippen molar-refractivity contribution in [2.75, 3.05) is 0 Å². The van der Waals surface area contributed by atoms with Gasteiger partial charge in [0.1, 0.15) is 4.83 Å². The number of Topliss-reactive ketones (excluding diaryl/α,β-unsaturated/α-hetero) is 1. The molecule has 2 aromatic rings. The molecule has 1 aromatic carbocycles. The van der Waals surface area contributed by atoms with E-state index in [1.807, 2.05) is 50.2 Å². The van der Waals surface area contributed by atoms with E-state index in [1.54, 1.807) is 6.20 Å². The third-order valence-electron chi connectivity index (χ3n) is 2.75. The van der Waals surface area contributed by atoms with E-state index >= 15 is 0 Å². The number of benzene rings is 1. The molecule has 1 aromatic heterocycles. The Kier molecular flexibility index (Phi) is 3.92. The fraction of sp³-hybridized carbons (Fsp3) is 0.200. The van der Waals surface area contributed by atoms with Gasteiger partial charge >= 0.3 is 0 Å². The van der Waals surface area contributed by atoms with Gasteiger partial charge in [-0.25, -0.2) is 0 Å². The largest absolute Gasteiger partial charge is 0.293 e. The normalized spacial score (nSPS) is 12.2. The minimum absolute atomic E-state index is 0.0734. The first-order valence-electron chi connectivity index (χ1n) is 5.75. The highest BCUT2D eigenvalue weighted by molar-refractivity contribution is 9.09. The Hall–Kier alpha value is -1.48. The number of carbonyl (C=O) groups excluding carboxylic acids is 1. The number of rotatable bonds is 3. The number of ketones is 1. The van der Waals surface area contributed by atoms with Crippen molar-refractivity contribution < 1.29 is 4.79 Å². The van der Waals surface area contributed by atoms with Crippen molar-refractivity contribution in [1.82, 2.24) is 4.98 Å². The van der Waals surface area contributed by atoms with Crippen molar-refractivity contribution in [3.05, 3.63) is 65.0 Å². The van der Waals surface area contributed by atoms with E-state index in [0.717, 1.165) is 22.4 Å². The van der Waals surface area contributed by atoms with E-state index in [2.05, 4.69) is 20.9 Å². The molecule has 0 N–H and O–H groups in total. The van der Waals surface area contributed by atoms with Gasteiger partial charge in [-0.1, -0.05) is 39.7 Å². The quantitative estimate of drug-likeness (QED) is 0.633. The lowest BCUT2D eigenvalue weighted by molar-refractivity contribution is 0.0991. The maximum Gasteiger partial charge on any atom is 0.180 e. The zero-order valence-corrected chi connectivity index (χ0v) is 11.9. The Morgan fingerprint density at radius 1 is 1.22 bits per heavy atom. The summed E-state index contributed by atoms with van der Waals surface area (Å²) in [5.74, 6) is 0.0734. The van der Waals surface area contributed by atoms with Gasteiger partial charge in [-0.05, 0) is 37.6 Å². The highest BCUT2D eigenvalue weighted by Gasteiger charge is 2.19. The lowest BCUT2D eigenvalue weighted by Gasteiger charge is -2.10. The zero-order valence-electron chi connectivity index (χ0n) is 10.4. The van der Waals surface area contributed by atoms with Crippen LogP contribution in [0.25, 0.3) is 0 Å². The topological polar surface area (TPSA) is 30.0 Å². The fourth-order valence-electron chi connectivity index (χ4n) is 1.82. The third-order valence-corrected chi connectivity index (χ3v) is 3.69. The van der Waals surface area contributed by atoms with E-state index in [1.165, 1.54) is 0 Å².